The Hall–Kier alpha value is -2.47. The van der Waals surface area contributed by atoms with E-state index in [-0.39, 0.29) is 18.4 Å². The average molecular weight is 319 g/mol. The molecule has 0 aliphatic carbocycles. The predicted molar refractivity (Wildman–Crippen MR) is 81.1 cm³/mol. The molecule has 0 atom stereocenters. The minimum absolute atomic E-state index is 0.000309. The lowest BCUT2D eigenvalue weighted by Gasteiger charge is -2.05. The monoisotopic (exact) mass is 319 g/mol. The number of hydrogen-bond acceptors (Lipinski definition) is 4. The van der Waals surface area contributed by atoms with Crippen molar-refractivity contribution in [2.45, 2.75) is 25.7 Å². The Morgan fingerprint density at radius 1 is 1.13 bits per heavy atom. The van der Waals surface area contributed by atoms with Gasteiger partial charge in [-0.2, -0.15) is 0 Å². The van der Waals surface area contributed by atoms with Crippen molar-refractivity contribution in [3.05, 3.63) is 59.8 Å². The lowest BCUT2D eigenvalue weighted by molar-refractivity contribution is -0.133. The quantitative estimate of drug-likeness (QED) is 0.438. The number of benzene rings is 1. The van der Waals surface area contributed by atoms with Crippen LogP contribution in [0.5, 0.6) is 0 Å². The molecule has 0 spiro atoms. The van der Waals surface area contributed by atoms with Gasteiger partial charge in [0.1, 0.15) is 11.6 Å². The van der Waals surface area contributed by atoms with Gasteiger partial charge in [-0.05, 0) is 30.7 Å². The maximum Gasteiger partial charge on any atom is 0.243 e. The van der Waals surface area contributed by atoms with E-state index < -0.39 is 17.5 Å². The van der Waals surface area contributed by atoms with Crippen LogP contribution in [0, 0.1) is 5.82 Å². The Morgan fingerprint density at radius 3 is 2.70 bits per heavy atom. The molecule has 1 heterocycles. The van der Waals surface area contributed by atoms with E-state index in [0.717, 1.165) is 5.76 Å². The van der Waals surface area contributed by atoms with Crippen molar-refractivity contribution < 1.29 is 23.2 Å². The van der Waals surface area contributed by atoms with Gasteiger partial charge in [-0.3, -0.25) is 14.4 Å². The molecule has 0 aliphatic heterocycles. The third-order valence-electron chi connectivity index (χ3n) is 3.19. The van der Waals surface area contributed by atoms with E-state index in [0.29, 0.717) is 19.4 Å². The second-order valence-corrected chi connectivity index (χ2v) is 4.96. The Bertz CT molecular complexity index is 640. The van der Waals surface area contributed by atoms with Gasteiger partial charge in [0.05, 0.1) is 18.4 Å². The number of halogens is 1. The minimum atomic E-state index is -0.577. The summed E-state index contributed by atoms with van der Waals surface area (Å²) in [6.07, 6.45) is 2.90. The van der Waals surface area contributed by atoms with Crippen LogP contribution in [0.15, 0.2) is 47.1 Å². The van der Waals surface area contributed by atoms with E-state index in [1.165, 1.54) is 18.2 Å². The van der Waals surface area contributed by atoms with Crippen LogP contribution in [0.3, 0.4) is 0 Å². The zero-order valence-corrected chi connectivity index (χ0v) is 12.6. The third-order valence-corrected chi connectivity index (χ3v) is 3.19. The van der Waals surface area contributed by atoms with Gasteiger partial charge in [0.2, 0.25) is 5.91 Å². The highest BCUT2D eigenvalue weighted by molar-refractivity contribution is 5.98. The first-order valence-corrected chi connectivity index (χ1v) is 7.37. The zero-order chi connectivity index (χ0) is 16.5. The molecule has 0 aliphatic rings. The van der Waals surface area contributed by atoms with Crippen molar-refractivity contribution in [1.29, 1.82) is 0 Å². The number of hydroxylamine groups is 1. The molecule has 5 nitrogen and oxygen atoms in total. The number of nitrogens with one attached hydrogen (secondary N) is 1. The number of Topliss-reactive ketones (excluding diaryl/α,β-unsaturated/α-hetero) is 1. The highest BCUT2D eigenvalue weighted by atomic mass is 19.1. The smallest absolute Gasteiger partial charge is 0.243 e. The number of hydrogen-bond donors (Lipinski definition) is 1. The van der Waals surface area contributed by atoms with Crippen molar-refractivity contribution in [3.8, 4) is 0 Å². The van der Waals surface area contributed by atoms with E-state index in [1.807, 2.05) is 12.1 Å². The van der Waals surface area contributed by atoms with E-state index in [9.17, 15) is 14.0 Å². The van der Waals surface area contributed by atoms with Gasteiger partial charge in [0.25, 0.3) is 0 Å². The molecule has 0 fully saturated rings. The molecule has 0 saturated heterocycles. The number of aryl methyl sites for hydroxylation is 1. The Labute approximate surface area is 133 Å². The molecule has 23 heavy (non-hydrogen) atoms. The molecular weight excluding hydrogens is 301 g/mol. The summed E-state index contributed by atoms with van der Waals surface area (Å²) in [4.78, 5) is 28.4. The molecule has 0 bridgehead atoms. The summed E-state index contributed by atoms with van der Waals surface area (Å²) in [6.45, 7) is 0.341. The van der Waals surface area contributed by atoms with Crippen LogP contribution in [0.2, 0.25) is 0 Å². The summed E-state index contributed by atoms with van der Waals surface area (Å²) in [6, 6.07) is 9.39. The van der Waals surface area contributed by atoms with E-state index in [1.54, 1.807) is 12.3 Å². The van der Waals surface area contributed by atoms with Crippen molar-refractivity contribution in [2.75, 3.05) is 6.61 Å². The van der Waals surface area contributed by atoms with Crippen molar-refractivity contribution in [2.24, 2.45) is 0 Å². The normalized spacial score (nSPS) is 10.5. The first-order chi connectivity index (χ1) is 11.2. The molecular formula is C17H18FNO4. The number of furan rings is 1. The van der Waals surface area contributed by atoms with Gasteiger partial charge in [-0.15, -0.1) is 0 Å². The van der Waals surface area contributed by atoms with Crippen LogP contribution in [0.4, 0.5) is 4.39 Å². The fraction of sp³-hybridized carbons (Fsp3) is 0.294. The SMILES string of the molecule is O=C(CCC(=O)c1ccccc1F)NOCCCc1ccco1. The first kappa shape index (κ1) is 16.9. The molecule has 2 rings (SSSR count). The molecule has 0 saturated carbocycles. The summed E-state index contributed by atoms with van der Waals surface area (Å²) in [5, 5.41) is 0. The van der Waals surface area contributed by atoms with E-state index >= 15 is 0 Å². The number of rotatable bonds is 9. The highest BCUT2D eigenvalue weighted by Crippen LogP contribution is 2.10. The number of carbonyl (C=O) groups is 2. The molecule has 1 amide bonds. The summed E-state index contributed by atoms with van der Waals surface area (Å²) >= 11 is 0. The largest absolute Gasteiger partial charge is 0.469 e. The van der Waals surface area contributed by atoms with Crippen molar-refractivity contribution >= 4 is 11.7 Å². The van der Waals surface area contributed by atoms with Gasteiger partial charge in [-0.25, -0.2) is 9.87 Å². The molecule has 2 aromatic rings. The fourth-order valence-electron chi connectivity index (χ4n) is 2.01. The summed E-state index contributed by atoms with van der Waals surface area (Å²) in [5.74, 6) is -0.536. The highest BCUT2D eigenvalue weighted by Gasteiger charge is 2.12. The van der Waals surface area contributed by atoms with Crippen LogP contribution in [0.25, 0.3) is 0 Å². The molecule has 6 heteroatoms. The van der Waals surface area contributed by atoms with Crippen LogP contribution >= 0.6 is 0 Å². The van der Waals surface area contributed by atoms with Gasteiger partial charge in [-0.1, -0.05) is 12.1 Å². The van der Waals surface area contributed by atoms with Gasteiger partial charge in [0, 0.05) is 19.3 Å². The zero-order valence-electron chi connectivity index (χ0n) is 12.6. The maximum absolute atomic E-state index is 13.4. The molecule has 0 unspecified atom stereocenters. The summed E-state index contributed by atoms with van der Waals surface area (Å²) in [5.41, 5.74) is 2.27. The van der Waals surface area contributed by atoms with Crippen LogP contribution in [0.1, 0.15) is 35.4 Å². The van der Waals surface area contributed by atoms with E-state index in [2.05, 4.69) is 5.48 Å². The van der Waals surface area contributed by atoms with Crippen LogP contribution in [-0.2, 0) is 16.1 Å². The standard InChI is InChI=1S/C17H18FNO4/c18-15-8-2-1-7-14(15)16(20)9-10-17(21)19-23-12-4-6-13-5-3-11-22-13/h1-3,5,7-8,11H,4,6,9-10,12H2,(H,19,21). The Kier molecular flexibility index (Phi) is 6.50. The molecule has 1 aromatic heterocycles. The van der Waals surface area contributed by atoms with Crippen LogP contribution in [-0.4, -0.2) is 18.3 Å². The average Bonchev–Trinajstić information content (AvgIpc) is 3.06. The predicted octanol–water partition coefficient (Wildman–Crippen LogP) is 3.06. The number of carbonyl (C=O) groups excluding carboxylic acids is 2. The summed E-state index contributed by atoms with van der Waals surface area (Å²) < 4.78 is 18.6. The van der Waals surface area contributed by atoms with Gasteiger partial charge in [0.15, 0.2) is 5.78 Å². The van der Waals surface area contributed by atoms with Crippen molar-refractivity contribution in [1.82, 2.24) is 5.48 Å². The van der Waals surface area contributed by atoms with Crippen molar-refractivity contribution in [3.63, 3.8) is 0 Å². The second-order valence-electron chi connectivity index (χ2n) is 4.96. The fourth-order valence-corrected chi connectivity index (χ4v) is 2.01. The summed E-state index contributed by atoms with van der Waals surface area (Å²) in [7, 11) is 0. The maximum atomic E-state index is 13.4. The minimum Gasteiger partial charge on any atom is -0.469 e. The van der Waals surface area contributed by atoms with E-state index in [4.69, 9.17) is 9.25 Å². The molecule has 1 aromatic carbocycles. The Morgan fingerprint density at radius 2 is 1.96 bits per heavy atom. The second kappa shape index (κ2) is 8.85. The first-order valence-electron chi connectivity index (χ1n) is 7.37. The molecule has 1 N–H and O–H groups in total. The van der Waals surface area contributed by atoms with Crippen LogP contribution < -0.4 is 5.48 Å². The number of ketones is 1. The molecule has 0 radical (unpaired) electrons. The van der Waals surface area contributed by atoms with Gasteiger partial charge < -0.3 is 4.42 Å². The molecule has 122 valence electrons. The lowest BCUT2D eigenvalue weighted by atomic mass is 10.1. The number of amides is 1. The Balaban J connectivity index is 1.60. The van der Waals surface area contributed by atoms with Gasteiger partial charge >= 0.3 is 0 Å². The third kappa shape index (κ3) is 5.67. The topological polar surface area (TPSA) is 68.5 Å². The lowest BCUT2D eigenvalue weighted by Crippen LogP contribution is -2.24.